The Morgan fingerprint density at radius 2 is 1.91 bits per heavy atom. The van der Waals surface area contributed by atoms with Crippen LogP contribution >= 0.6 is 0 Å². The topological polar surface area (TPSA) is 78.1 Å². The fourth-order valence-electron chi connectivity index (χ4n) is 1.81. The average molecular weight is 157 g/mol. The summed E-state index contributed by atoms with van der Waals surface area (Å²) < 4.78 is 0. The van der Waals surface area contributed by atoms with E-state index in [4.69, 9.17) is 17.2 Å². The van der Waals surface area contributed by atoms with Crippen LogP contribution in [0.25, 0.3) is 0 Å². The highest BCUT2D eigenvalue weighted by atomic mass is 14.9. The third-order valence-electron chi connectivity index (χ3n) is 2.82. The molecule has 0 radical (unpaired) electrons. The molecule has 0 saturated heterocycles. The summed E-state index contributed by atoms with van der Waals surface area (Å²) >= 11 is 0. The Morgan fingerprint density at radius 3 is 2.36 bits per heavy atom. The van der Waals surface area contributed by atoms with E-state index in [-0.39, 0.29) is 6.17 Å². The van der Waals surface area contributed by atoms with Crippen molar-refractivity contribution >= 4 is 0 Å². The molecule has 3 heteroatoms. The molecule has 66 valence electrons. The van der Waals surface area contributed by atoms with E-state index >= 15 is 0 Å². The van der Waals surface area contributed by atoms with Crippen molar-refractivity contribution < 1.29 is 0 Å². The predicted molar refractivity (Wildman–Crippen MR) is 46.6 cm³/mol. The largest absolute Gasteiger partial charge is 0.327 e. The molecule has 1 rings (SSSR count). The number of hydrogen-bond donors (Lipinski definition) is 3. The van der Waals surface area contributed by atoms with Gasteiger partial charge in [0.2, 0.25) is 0 Å². The van der Waals surface area contributed by atoms with Crippen molar-refractivity contribution in [2.24, 2.45) is 29.0 Å². The molecule has 3 nitrogen and oxygen atoms in total. The molecule has 0 aromatic carbocycles. The first kappa shape index (κ1) is 8.97. The van der Waals surface area contributed by atoms with E-state index in [0.717, 1.165) is 19.3 Å². The highest BCUT2D eigenvalue weighted by molar-refractivity contribution is 4.82. The van der Waals surface area contributed by atoms with Gasteiger partial charge in [-0.05, 0) is 31.1 Å². The van der Waals surface area contributed by atoms with Gasteiger partial charge in [0.15, 0.2) is 0 Å². The van der Waals surface area contributed by atoms with Gasteiger partial charge in [0, 0.05) is 6.04 Å². The van der Waals surface area contributed by atoms with Gasteiger partial charge in [-0.1, -0.05) is 6.92 Å². The molecule has 0 amide bonds. The molecule has 0 aliphatic heterocycles. The van der Waals surface area contributed by atoms with Crippen LogP contribution in [0.15, 0.2) is 0 Å². The Morgan fingerprint density at radius 1 is 1.27 bits per heavy atom. The maximum absolute atomic E-state index is 5.86. The average Bonchev–Trinajstić information content (AvgIpc) is 1.94. The summed E-state index contributed by atoms with van der Waals surface area (Å²) in [5.41, 5.74) is 17.1. The SMILES string of the molecule is CC1CC(C(N)N)CCC1N. The Bertz CT molecular complexity index is 125. The van der Waals surface area contributed by atoms with Gasteiger partial charge in [-0.15, -0.1) is 0 Å². The standard InChI is InChI=1S/C8H19N3/c1-5-4-6(8(10)11)2-3-7(5)9/h5-8H,2-4,9-11H2,1H3. The van der Waals surface area contributed by atoms with E-state index in [1.807, 2.05) is 0 Å². The number of hydrogen-bond acceptors (Lipinski definition) is 3. The summed E-state index contributed by atoms with van der Waals surface area (Å²) in [6, 6.07) is 0.366. The van der Waals surface area contributed by atoms with Gasteiger partial charge in [0.05, 0.1) is 6.17 Å². The van der Waals surface area contributed by atoms with Gasteiger partial charge < -0.3 is 17.2 Å². The van der Waals surface area contributed by atoms with Crippen LogP contribution in [-0.4, -0.2) is 12.2 Å². The van der Waals surface area contributed by atoms with E-state index in [9.17, 15) is 0 Å². The molecule has 0 bridgehead atoms. The molecule has 11 heavy (non-hydrogen) atoms. The molecular formula is C8H19N3. The van der Waals surface area contributed by atoms with Gasteiger partial charge in [0.1, 0.15) is 0 Å². The molecule has 1 aliphatic carbocycles. The molecule has 0 spiro atoms. The first-order chi connectivity index (χ1) is 5.11. The van der Waals surface area contributed by atoms with E-state index in [2.05, 4.69) is 6.92 Å². The minimum atomic E-state index is -0.148. The van der Waals surface area contributed by atoms with Gasteiger partial charge >= 0.3 is 0 Å². The molecule has 1 aliphatic rings. The lowest BCUT2D eigenvalue weighted by Crippen LogP contribution is -2.45. The van der Waals surface area contributed by atoms with Gasteiger partial charge in [-0.3, -0.25) is 0 Å². The van der Waals surface area contributed by atoms with Gasteiger partial charge in [-0.2, -0.15) is 0 Å². The smallest absolute Gasteiger partial charge is 0.0550 e. The van der Waals surface area contributed by atoms with Crippen molar-refractivity contribution in [2.75, 3.05) is 0 Å². The second kappa shape index (κ2) is 3.52. The third kappa shape index (κ3) is 2.15. The Hall–Kier alpha value is -0.120. The summed E-state index contributed by atoms with van der Waals surface area (Å²) in [6.45, 7) is 2.18. The van der Waals surface area contributed by atoms with Crippen LogP contribution < -0.4 is 17.2 Å². The van der Waals surface area contributed by atoms with Crippen molar-refractivity contribution in [2.45, 2.75) is 38.4 Å². The Labute approximate surface area is 68.3 Å². The summed E-state index contributed by atoms with van der Waals surface area (Å²) in [5.74, 6) is 1.08. The first-order valence-electron chi connectivity index (χ1n) is 4.38. The summed E-state index contributed by atoms with van der Waals surface area (Å²) in [6.07, 6.45) is 3.13. The van der Waals surface area contributed by atoms with Crippen LogP contribution in [-0.2, 0) is 0 Å². The van der Waals surface area contributed by atoms with Crippen LogP contribution in [0.5, 0.6) is 0 Å². The second-order valence-corrected chi connectivity index (χ2v) is 3.79. The molecule has 0 aromatic heterocycles. The number of rotatable bonds is 1. The summed E-state index contributed by atoms with van der Waals surface area (Å²) in [4.78, 5) is 0. The van der Waals surface area contributed by atoms with Crippen molar-refractivity contribution in [1.82, 2.24) is 0 Å². The normalized spacial score (nSPS) is 39.5. The van der Waals surface area contributed by atoms with E-state index in [1.54, 1.807) is 0 Å². The van der Waals surface area contributed by atoms with Crippen LogP contribution in [0, 0.1) is 11.8 Å². The maximum atomic E-state index is 5.86. The second-order valence-electron chi connectivity index (χ2n) is 3.79. The number of nitrogens with two attached hydrogens (primary N) is 3. The highest BCUT2D eigenvalue weighted by Crippen LogP contribution is 2.28. The van der Waals surface area contributed by atoms with Crippen LogP contribution in [0.2, 0.25) is 0 Å². The zero-order valence-corrected chi connectivity index (χ0v) is 7.16. The fourth-order valence-corrected chi connectivity index (χ4v) is 1.81. The van der Waals surface area contributed by atoms with E-state index < -0.39 is 0 Å². The monoisotopic (exact) mass is 157 g/mol. The lowest BCUT2D eigenvalue weighted by Gasteiger charge is -2.33. The first-order valence-corrected chi connectivity index (χ1v) is 4.38. The van der Waals surface area contributed by atoms with Crippen LogP contribution in [0.3, 0.4) is 0 Å². The molecule has 1 fully saturated rings. The van der Waals surface area contributed by atoms with Crippen LogP contribution in [0.1, 0.15) is 26.2 Å². The minimum absolute atomic E-state index is 0.148. The molecule has 0 heterocycles. The highest BCUT2D eigenvalue weighted by Gasteiger charge is 2.26. The van der Waals surface area contributed by atoms with Crippen LogP contribution in [0.4, 0.5) is 0 Å². The fraction of sp³-hybridized carbons (Fsp3) is 1.00. The molecule has 1 saturated carbocycles. The van der Waals surface area contributed by atoms with Crippen molar-refractivity contribution in [1.29, 1.82) is 0 Å². The van der Waals surface area contributed by atoms with E-state index in [0.29, 0.717) is 17.9 Å². The third-order valence-corrected chi connectivity index (χ3v) is 2.82. The molecule has 3 atom stereocenters. The quantitative estimate of drug-likeness (QED) is 0.469. The Kier molecular flexibility index (Phi) is 2.87. The molecule has 0 aromatic rings. The van der Waals surface area contributed by atoms with Crippen molar-refractivity contribution in [3.63, 3.8) is 0 Å². The lowest BCUT2D eigenvalue weighted by molar-refractivity contribution is 0.221. The van der Waals surface area contributed by atoms with Crippen molar-refractivity contribution in [3.05, 3.63) is 0 Å². The lowest BCUT2D eigenvalue weighted by atomic mass is 9.78. The molecular weight excluding hydrogens is 138 g/mol. The molecule has 6 N–H and O–H groups in total. The Balaban J connectivity index is 2.40. The zero-order valence-electron chi connectivity index (χ0n) is 7.16. The summed E-state index contributed by atoms with van der Waals surface area (Å²) in [7, 11) is 0. The van der Waals surface area contributed by atoms with Gasteiger partial charge in [0.25, 0.3) is 0 Å². The minimum Gasteiger partial charge on any atom is -0.327 e. The molecule has 3 unspecified atom stereocenters. The summed E-state index contributed by atoms with van der Waals surface area (Å²) in [5, 5.41) is 0. The van der Waals surface area contributed by atoms with E-state index in [1.165, 1.54) is 0 Å². The predicted octanol–water partition coefficient (Wildman–Crippen LogP) is -0.00660. The maximum Gasteiger partial charge on any atom is 0.0550 e. The van der Waals surface area contributed by atoms with Gasteiger partial charge in [-0.25, -0.2) is 0 Å². The zero-order chi connectivity index (χ0) is 8.43. The van der Waals surface area contributed by atoms with Crippen molar-refractivity contribution in [3.8, 4) is 0 Å².